The summed E-state index contributed by atoms with van der Waals surface area (Å²) in [7, 11) is 1.51. The molecule has 1 atom stereocenters. The first kappa shape index (κ1) is 20.8. The molecular formula is C20H26N4O5. The number of carbonyl (C=O) groups is 2. The number of likely N-dealkylation sites (tertiary alicyclic amines) is 1. The summed E-state index contributed by atoms with van der Waals surface area (Å²) in [5, 5.41) is 13.2. The Hall–Kier alpha value is -2.94. The van der Waals surface area contributed by atoms with E-state index >= 15 is 0 Å². The van der Waals surface area contributed by atoms with Gasteiger partial charge < -0.3 is 24.6 Å². The number of nitrogens with one attached hydrogen (secondary N) is 1. The van der Waals surface area contributed by atoms with Crippen LogP contribution in [0, 0.1) is 0 Å². The molecule has 9 heteroatoms. The fourth-order valence-electron chi connectivity index (χ4n) is 3.59. The molecule has 1 aliphatic rings. The van der Waals surface area contributed by atoms with Gasteiger partial charge in [-0.25, -0.2) is 0 Å². The Morgan fingerprint density at radius 1 is 1.34 bits per heavy atom. The third-order valence-electron chi connectivity index (χ3n) is 5.03. The van der Waals surface area contributed by atoms with Crippen LogP contribution in [0.5, 0.6) is 5.75 Å². The minimum atomic E-state index is -0.688. The van der Waals surface area contributed by atoms with Crippen LogP contribution in [0.4, 0.5) is 0 Å². The van der Waals surface area contributed by atoms with Crippen LogP contribution in [-0.4, -0.2) is 64.2 Å². The van der Waals surface area contributed by atoms with Crippen LogP contribution in [0.1, 0.15) is 36.5 Å². The number of amides is 2. The van der Waals surface area contributed by atoms with E-state index < -0.39 is 17.2 Å². The number of methoxy groups -OCH3 is 1. The SMILES string of the molecule is COCC(C)NC(=O)c1c(O)c2ncccc2n(CCN2CCCCC2=O)c1=O. The van der Waals surface area contributed by atoms with Crippen LogP contribution in [-0.2, 0) is 16.1 Å². The largest absolute Gasteiger partial charge is 0.505 e. The van der Waals surface area contributed by atoms with Gasteiger partial charge in [-0.2, -0.15) is 0 Å². The number of hydrogen-bond acceptors (Lipinski definition) is 6. The van der Waals surface area contributed by atoms with Crippen LogP contribution in [0.2, 0.25) is 0 Å². The number of piperidine rings is 1. The van der Waals surface area contributed by atoms with E-state index in [1.165, 1.54) is 17.9 Å². The molecule has 1 unspecified atom stereocenters. The van der Waals surface area contributed by atoms with Crippen molar-refractivity contribution in [2.45, 2.75) is 38.8 Å². The van der Waals surface area contributed by atoms with Crippen molar-refractivity contribution in [2.24, 2.45) is 0 Å². The van der Waals surface area contributed by atoms with Gasteiger partial charge in [0.25, 0.3) is 11.5 Å². The molecule has 2 aromatic heterocycles. The number of hydrogen-bond donors (Lipinski definition) is 2. The van der Waals surface area contributed by atoms with Crippen molar-refractivity contribution in [2.75, 3.05) is 26.8 Å². The maximum absolute atomic E-state index is 13.1. The number of ether oxygens (including phenoxy) is 1. The Labute approximate surface area is 168 Å². The van der Waals surface area contributed by atoms with Gasteiger partial charge in [-0.15, -0.1) is 0 Å². The average molecular weight is 402 g/mol. The normalized spacial score (nSPS) is 15.5. The average Bonchev–Trinajstić information content (AvgIpc) is 2.69. The molecule has 9 nitrogen and oxygen atoms in total. The fourth-order valence-corrected chi connectivity index (χ4v) is 3.59. The summed E-state index contributed by atoms with van der Waals surface area (Å²) in [6, 6.07) is 2.98. The van der Waals surface area contributed by atoms with Gasteiger partial charge in [0.05, 0.1) is 12.1 Å². The third kappa shape index (κ3) is 4.40. The van der Waals surface area contributed by atoms with Crippen molar-refractivity contribution in [3.05, 3.63) is 34.2 Å². The first-order chi connectivity index (χ1) is 13.9. The Morgan fingerprint density at radius 3 is 2.86 bits per heavy atom. The molecule has 3 rings (SSSR count). The maximum atomic E-state index is 13.1. The van der Waals surface area contributed by atoms with Gasteiger partial charge in [-0.05, 0) is 31.9 Å². The number of aromatic hydroxyl groups is 1. The molecule has 2 aromatic rings. The Bertz CT molecular complexity index is 971. The third-order valence-corrected chi connectivity index (χ3v) is 5.03. The molecule has 0 bridgehead atoms. The molecule has 2 amide bonds. The van der Waals surface area contributed by atoms with Crippen LogP contribution in [0.25, 0.3) is 11.0 Å². The lowest BCUT2D eigenvalue weighted by atomic mass is 10.1. The van der Waals surface area contributed by atoms with Crippen molar-refractivity contribution < 1.29 is 19.4 Å². The quantitative estimate of drug-likeness (QED) is 0.711. The van der Waals surface area contributed by atoms with E-state index in [1.54, 1.807) is 24.0 Å². The molecular weight excluding hydrogens is 376 g/mol. The van der Waals surface area contributed by atoms with Crippen molar-refractivity contribution in [3.63, 3.8) is 0 Å². The molecule has 1 saturated heterocycles. The van der Waals surface area contributed by atoms with Crippen molar-refractivity contribution in [1.82, 2.24) is 19.8 Å². The summed E-state index contributed by atoms with van der Waals surface area (Å²) in [5.41, 5.74) is -0.388. The summed E-state index contributed by atoms with van der Waals surface area (Å²) in [5.74, 6) is -1.07. The van der Waals surface area contributed by atoms with E-state index in [-0.39, 0.29) is 36.2 Å². The van der Waals surface area contributed by atoms with Crippen LogP contribution >= 0.6 is 0 Å². The predicted octanol–water partition coefficient (Wildman–Crippen LogP) is 0.879. The molecule has 29 heavy (non-hydrogen) atoms. The fraction of sp³-hybridized carbons (Fsp3) is 0.500. The summed E-state index contributed by atoms with van der Waals surface area (Å²) in [6.45, 7) is 3.22. The molecule has 3 heterocycles. The highest BCUT2D eigenvalue weighted by Gasteiger charge is 2.25. The van der Waals surface area contributed by atoms with Gasteiger partial charge in [0.15, 0.2) is 5.75 Å². The Balaban J connectivity index is 1.98. The highest BCUT2D eigenvalue weighted by Crippen LogP contribution is 2.24. The standard InChI is InChI=1S/C20H26N4O5/c1-13(12-29-2)22-19(27)16-18(26)17-14(6-5-8-21-17)24(20(16)28)11-10-23-9-4-3-7-15(23)25/h5-6,8,13,26H,3-4,7,9-12H2,1-2H3,(H,22,27). The number of carbonyl (C=O) groups excluding carboxylic acids is 2. The Morgan fingerprint density at radius 2 is 2.14 bits per heavy atom. The van der Waals surface area contributed by atoms with Crippen molar-refractivity contribution in [1.29, 1.82) is 0 Å². The maximum Gasteiger partial charge on any atom is 0.267 e. The second-order valence-corrected chi connectivity index (χ2v) is 7.22. The van der Waals surface area contributed by atoms with Gasteiger partial charge in [0.2, 0.25) is 5.91 Å². The van der Waals surface area contributed by atoms with Gasteiger partial charge in [-0.1, -0.05) is 0 Å². The molecule has 0 saturated carbocycles. The lowest BCUT2D eigenvalue weighted by Gasteiger charge is -2.27. The summed E-state index contributed by atoms with van der Waals surface area (Å²) in [4.78, 5) is 43.8. The smallest absolute Gasteiger partial charge is 0.267 e. The van der Waals surface area contributed by atoms with E-state index in [0.29, 0.717) is 25.0 Å². The van der Waals surface area contributed by atoms with Gasteiger partial charge in [-0.3, -0.25) is 19.4 Å². The minimum Gasteiger partial charge on any atom is -0.505 e. The monoisotopic (exact) mass is 402 g/mol. The highest BCUT2D eigenvalue weighted by atomic mass is 16.5. The number of nitrogens with zero attached hydrogens (tertiary/aromatic N) is 3. The summed E-state index contributed by atoms with van der Waals surface area (Å²) < 4.78 is 6.40. The number of fused-ring (bicyclic) bond motifs is 1. The zero-order chi connectivity index (χ0) is 21.0. The second-order valence-electron chi connectivity index (χ2n) is 7.22. The van der Waals surface area contributed by atoms with Crippen LogP contribution in [0.3, 0.4) is 0 Å². The van der Waals surface area contributed by atoms with Gasteiger partial charge >= 0.3 is 0 Å². The van der Waals surface area contributed by atoms with Crippen molar-refractivity contribution >= 4 is 22.8 Å². The van der Waals surface area contributed by atoms with Crippen molar-refractivity contribution in [3.8, 4) is 5.75 Å². The predicted molar refractivity (Wildman–Crippen MR) is 107 cm³/mol. The molecule has 0 aliphatic carbocycles. The molecule has 1 fully saturated rings. The molecule has 0 spiro atoms. The minimum absolute atomic E-state index is 0.0665. The van der Waals surface area contributed by atoms with Crippen LogP contribution in [0.15, 0.2) is 23.1 Å². The summed E-state index contributed by atoms with van der Waals surface area (Å²) in [6.07, 6.45) is 3.81. The second kappa shape index (κ2) is 9.04. The zero-order valence-electron chi connectivity index (χ0n) is 16.7. The van der Waals surface area contributed by atoms with Crippen LogP contribution < -0.4 is 10.9 Å². The molecule has 2 N–H and O–H groups in total. The topological polar surface area (TPSA) is 114 Å². The van der Waals surface area contributed by atoms with E-state index in [9.17, 15) is 19.5 Å². The molecule has 1 aliphatic heterocycles. The Kier molecular flexibility index (Phi) is 6.48. The molecule has 0 radical (unpaired) electrons. The van der Waals surface area contributed by atoms with E-state index in [0.717, 1.165) is 12.8 Å². The van der Waals surface area contributed by atoms with E-state index in [2.05, 4.69) is 10.3 Å². The van der Waals surface area contributed by atoms with Gasteiger partial charge in [0, 0.05) is 45.4 Å². The number of rotatable bonds is 7. The highest BCUT2D eigenvalue weighted by molar-refractivity contribution is 6.01. The lowest BCUT2D eigenvalue weighted by Crippen LogP contribution is -2.41. The van der Waals surface area contributed by atoms with E-state index in [4.69, 9.17) is 4.74 Å². The molecule has 156 valence electrons. The molecule has 0 aromatic carbocycles. The summed E-state index contributed by atoms with van der Waals surface area (Å²) >= 11 is 0. The van der Waals surface area contributed by atoms with Gasteiger partial charge in [0.1, 0.15) is 11.1 Å². The first-order valence-corrected chi connectivity index (χ1v) is 9.72. The first-order valence-electron chi connectivity index (χ1n) is 9.72. The number of aromatic nitrogens is 2. The number of pyridine rings is 2. The van der Waals surface area contributed by atoms with E-state index in [1.807, 2.05) is 0 Å². The lowest BCUT2D eigenvalue weighted by molar-refractivity contribution is -0.133. The zero-order valence-corrected chi connectivity index (χ0v) is 16.7.